The second-order valence-electron chi connectivity index (χ2n) is 10.5. The van der Waals surface area contributed by atoms with Crippen molar-refractivity contribution in [1.82, 2.24) is 14.5 Å². The molecule has 0 fully saturated rings. The van der Waals surface area contributed by atoms with Crippen LogP contribution in [0.4, 0.5) is 0 Å². The van der Waals surface area contributed by atoms with E-state index < -0.39 is 34.0 Å². The Hall–Kier alpha value is -3.52. The molecule has 1 N–H and O–H groups in total. The molecule has 2 aromatic rings. The van der Waals surface area contributed by atoms with Gasteiger partial charge in [-0.25, -0.2) is 13.2 Å². The number of hydrogen-bond donors (Lipinski definition) is 1. The number of nitrogens with one attached hydrogen (secondary N) is 1. The van der Waals surface area contributed by atoms with Crippen molar-refractivity contribution in [2.75, 3.05) is 26.7 Å². The first-order valence-corrected chi connectivity index (χ1v) is 15.0. The van der Waals surface area contributed by atoms with Crippen molar-refractivity contribution in [2.24, 2.45) is 0 Å². The summed E-state index contributed by atoms with van der Waals surface area (Å²) >= 11 is 0. The number of carbonyl (C=O) groups is 2. The number of hydrogen-bond acceptors (Lipinski definition) is 7. The van der Waals surface area contributed by atoms with Crippen LogP contribution in [0.3, 0.4) is 0 Å². The predicted molar refractivity (Wildman–Crippen MR) is 151 cm³/mol. The Kier molecular flexibility index (Phi) is 9.08. The van der Waals surface area contributed by atoms with Crippen molar-refractivity contribution >= 4 is 21.9 Å². The minimum atomic E-state index is -4.14. The third-order valence-electron chi connectivity index (χ3n) is 7.54. The highest BCUT2D eigenvalue weighted by Gasteiger charge is 2.38. The normalized spacial score (nSPS) is 18.3. The largest absolute Gasteiger partial charge is 0.464 e. The standard InChI is InChI=1S/C30H36N4O5S/c1-5-39-30(36)27-15-20(2)11-14-34(27)29(35)26(17-22-7-6-8-23(16-22)18-31)32-40(37,38)28-10-9-21(3)24-12-13-33(4)19-25(24)28/h6-11,16,26-27,32H,5,12-15,17,19H2,1-4H3/t26-,27+/m0/s1. The van der Waals surface area contributed by atoms with Crippen molar-refractivity contribution in [2.45, 2.75) is 63.6 Å². The van der Waals surface area contributed by atoms with Gasteiger partial charge in [-0.15, -0.1) is 0 Å². The maximum atomic E-state index is 14.1. The van der Waals surface area contributed by atoms with E-state index in [0.717, 1.165) is 35.2 Å². The Morgan fingerprint density at radius 1 is 1.20 bits per heavy atom. The Bertz CT molecular complexity index is 1480. The van der Waals surface area contributed by atoms with E-state index in [2.05, 4.69) is 15.7 Å². The summed E-state index contributed by atoms with van der Waals surface area (Å²) in [5.74, 6) is -1.04. The third kappa shape index (κ3) is 6.44. The van der Waals surface area contributed by atoms with Crippen molar-refractivity contribution in [1.29, 1.82) is 5.26 Å². The first-order valence-electron chi connectivity index (χ1n) is 13.5. The molecule has 0 saturated heterocycles. The number of amides is 1. The summed E-state index contributed by atoms with van der Waals surface area (Å²) in [6.45, 7) is 7.21. The van der Waals surface area contributed by atoms with E-state index in [4.69, 9.17) is 4.74 Å². The predicted octanol–water partition coefficient (Wildman–Crippen LogP) is 2.85. The number of likely N-dealkylation sites (N-methyl/N-ethyl adjacent to an activating group) is 1. The van der Waals surface area contributed by atoms with E-state index >= 15 is 0 Å². The monoisotopic (exact) mass is 564 g/mol. The van der Waals surface area contributed by atoms with Gasteiger partial charge in [-0.3, -0.25) is 4.79 Å². The number of nitrogens with zero attached hydrogens (tertiary/aromatic N) is 3. The van der Waals surface area contributed by atoms with Crippen molar-refractivity contribution in [3.63, 3.8) is 0 Å². The van der Waals surface area contributed by atoms with Crippen LogP contribution in [0.2, 0.25) is 0 Å². The number of carbonyl (C=O) groups excluding carboxylic acids is 2. The summed E-state index contributed by atoms with van der Waals surface area (Å²) in [5.41, 5.74) is 4.78. The molecule has 1 amide bonds. The summed E-state index contributed by atoms with van der Waals surface area (Å²) in [6, 6.07) is 10.2. The molecule has 0 radical (unpaired) electrons. The Balaban J connectivity index is 1.73. The second-order valence-corrected chi connectivity index (χ2v) is 12.2. The van der Waals surface area contributed by atoms with Crippen LogP contribution in [0.5, 0.6) is 0 Å². The summed E-state index contributed by atoms with van der Waals surface area (Å²) in [6.07, 6.45) is 2.93. The fourth-order valence-electron chi connectivity index (χ4n) is 5.42. The van der Waals surface area contributed by atoms with Gasteiger partial charge in [0.2, 0.25) is 15.9 Å². The summed E-state index contributed by atoms with van der Waals surface area (Å²) in [5, 5.41) is 9.37. The first-order chi connectivity index (χ1) is 19.0. The smallest absolute Gasteiger partial charge is 0.329 e. The fraction of sp³-hybridized carbons (Fsp3) is 0.433. The maximum absolute atomic E-state index is 14.1. The molecule has 0 spiro atoms. The van der Waals surface area contributed by atoms with Gasteiger partial charge in [0.1, 0.15) is 12.1 Å². The van der Waals surface area contributed by atoms with E-state index in [-0.39, 0.29) is 24.5 Å². The lowest BCUT2D eigenvalue weighted by atomic mass is 9.95. The molecule has 0 aliphatic carbocycles. The molecular formula is C30H36N4O5S. The van der Waals surface area contributed by atoms with Gasteiger partial charge in [0.05, 0.1) is 23.1 Å². The van der Waals surface area contributed by atoms with Crippen molar-refractivity contribution in [3.05, 3.63) is 75.9 Å². The summed E-state index contributed by atoms with van der Waals surface area (Å²) < 4.78 is 35.8. The number of benzene rings is 2. The lowest BCUT2D eigenvalue weighted by Gasteiger charge is -2.35. The highest BCUT2D eigenvalue weighted by molar-refractivity contribution is 7.89. The van der Waals surface area contributed by atoms with E-state index in [1.807, 2.05) is 27.0 Å². The fourth-order valence-corrected chi connectivity index (χ4v) is 6.86. The van der Waals surface area contributed by atoms with Gasteiger partial charge >= 0.3 is 5.97 Å². The summed E-state index contributed by atoms with van der Waals surface area (Å²) in [7, 11) is -2.19. The van der Waals surface area contributed by atoms with E-state index in [0.29, 0.717) is 24.1 Å². The molecule has 2 heterocycles. The first kappa shape index (κ1) is 29.5. The van der Waals surface area contributed by atoms with Crippen LogP contribution in [0.15, 0.2) is 52.9 Å². The lowest BCUT2D eigenvalue weighted by Crippen LogP contribution is -2.56. The molecule has 0 unspecified atom stereocenters. The quantitative estimate of drug-likeness (QED) is 0.387. The van der Waals surface area contributed by atoms with Gasteiger partial charge in [-0.2, -0.15) is 9.98 Å². The zero-order valence-corrected chi connectivity index (χ0v) is 24.3. The number of rotatable bonds is 8. The average molecular weight is 565 g/mol. The van der Waals surface area contributed by atoms with E-state index in [1.165, 1.54) is 4.90 Å². The van der Waals surface area contributed by atoms with Gasteiger partial charge < -0.3 is 14.5 Å². The molecule has 4 rings (SSSR count). The number of aryl methyl sites for hydroxylation is 1. The van der Waals surface area contributed by atoms with Gasteiger partial charge in [0, 0.05) is 19.6 Å². The molecule has 2 aliphatic rings. The molecule has 0 bridgehead atoms. The highest BCUT2D eigenvalue weighted by Crippen LogP contribution is 2.29. The van der Waals surface area contributed by atoms with Crippen LogP contribution in [0.1, 0.15) is 48.1 Å². The lowest BCUT2D eigenvalue weighted by molar-refractivity contribution is -0.155. The SMILES string of the molecule is CCOC(=O)[C@H]1CC(C)=CCN1C(=O)[C@H](Cc1cccc(C#N)c1)NS(=O)(=O)c1ccc(C)c2c1CN(C)CC2. The zero-order valence-electron chi connectivity index (χ0n) is 23.4. The van der Waals surface area contributed by atoms with Crippen LogP contribution in [-0.2, 0) is 43.7 Å². The molecule has 0 saturated carbocycles. The van der Waals surface area contributed by atoms with Gasteiger partial charge in [-0.1, -0.05) is 29.8 Å². The van der Waals surface area contributed by atoms with E-state index in [9.17, 15) is 23.3 Å². The molecule has 2 atom stereocenters. The van der Waals surface area contributed by atoms with E-state index in [1.54, 1.807) is 43.3 Å². The minimum Gasteiger partial charge on any atom is -0.464 e. The molecule has 0 aromatic heterocycles. The topological polar surface area (TPSA) is 120 Å². The number of fused-ring (bicyclic) bond motifs is 1. The molecule has 9 nitrogen and oxygen atoms in total. The van der Waals surface area contributed by atoms with Gasteiger partial charge in [0.15, 0.2) is 0 Å². The van der Waals surface area contributed by atoms with Gasteiger partial charge in [-0.05, 0) is 87.5 Å². The Morgan fingerprint density at radius 3 is 2.70 bits per heavy atom. The Morgan fingerprint density at radius 2 is 1.98 bits per heavy atom. The van der Waals surface area contributed by atoms with Crippen molar-refractivity contribution < 1.29 is 22.7 Å². The van der Waals surface area contributed by atoms with Crippen LogP contribution in [0, 0.1) is 18.3 Å². The number of nitriles is 1. The molecular weight excluding hydrogens is 528 g/mol. The molecule has 40 heavy (non-hydrogen) atoms. The molecule has 2 aliphatic heterocycles. The Labute approximate surface area is 236 Å². The number of sulfonamides is 1. The maximum Gasteiger partial charge on any atom is 0.329 e. The number of esters is 1. The number of ether oxygens (including phenoxy) is 1. The minimum absolute atomic E-state index is 0.0102. The third-order valence-corrected chi connectivity index (χ3v) is 9.10. The zero-order chi connectivity index (χ0) is 29.0. The molecule has 10 heteroatoms. The van der Waals surface area contributed by atoms with Crippen LogP contribution >= 0.6 is 0 Å². The highest BCUT2D eigenvalue weighted by atomic mass is 32.2. The van der Waals surface area contributed by atoms with Gasteiger partial charge in [0.25, 0.3) is 0 Å². The van der Waals surface area contributed by atoms with Crippen LogP contribution < -0.4 is 4.72 Å². The van der Waals surface area contributed by atoms with Crippen LogP contribution in [0.25, 0.3) is 0 Å². The second kappa shape index (κ2) is 12.3. The summed E-state index contributed by atoms with van der Waals surface area (Å²) in [4.78, 5) is 30.5. The average Bonchev–Trinajstić information content (AvgIpc) is 2.92. The van der Waals surface area contributed by atoms with Crippen LogP contribution in [-0.4, -0.2) is 68.9 Å². The molecule has 212 valence electrons. The van der Waals surface area contributed by atoms with Crippen molar-refractivity contribution in [3.8, 4) is 6.07 Å². The molecule has 2 aromatic carbocycles.